The van der Waals surface area contributed by atoms with Crippen LogP contribution in [0.25, 0.3) is 0 Å². The number of hydrogen-bond donors (Lipinski definition) is 1. The van der Waals surface area contributed by atoms with Gasteiger partial charge in [0.15, 0.2) is 0 Å². The van der Waals surface area contributed by atoms with Crippen molar-refractivity contribution in [3.8, 4) is 0 Å². The predicted octanol–water partition coefficient (Wildman–Crippen LogP) is 1.08. The second-order valence-electron chi connectivity index (χ2n) is 3.81. The van der Waals surface area contributed by atoms with E-state index in [1.165, 1.54) is 0 Å². The van der Waals surface area contributed by atoms with Crippen LogP contribution in [0.4, 0.5) is 0 Å². The fourth-order valence-electron chi connectivity index (χ4n) is 1.73. The van der Waals surface area contributed by atoms with E-state index in [-0.39, 0.29) is 5.91 Å². The molecule has 0 radical (unpaired) electrons. The van der Waals surface area contributed by atoms with Crippen molar-refractivity contribution in [2.75, 3.05) is 26.2 Å². The third-order valence-electron chi connectivity index (χ3n) is 2.71. The molecule has 0 bridgehead atoms. The summed E-state index contributed by atoms with van der Waals surface area (Å²) in [6, 6.07) is 7.49. The van der Waals surface area contributed by atoms with Crippen molar-refractivity contribution in [1.29, 1.82) is 0 Å². The molecular formula is C11H14BrN3O. The lowest BCUT2D eigenvalue weighted by Crippen LogP contribution is -2.51. The zero-order chi connectivity index (χ0) is 11.5. The normalized spacial score (nSPS) is 17.5. The van der Waals surface area contributed by atoms with Crippen LogP contribution in [0.15, 0.2) is 28.7 Å². The lowest BCUT2D eigenvalue weighted by Gasteiger charge is -2.32. The van der Waals surface area contributed by atoms with Gasteiger partial charge in [0.25, 0.3) is 5.91 Å². The molecule has 86 valence electrons. The van der Waals surface area contributed by atoms with Gasteiger partial charge >= 0.3 is 0 Å². The van der Waals surface area contributed by atoms with Gasteiger partial charge in [0, 0.05) is 30.7 Å². The Hall–Kier alpha value is -0.910. The van der Waals surface area contributed by atoms with Crippen molar-refractivity contribution in [3.05, 3.63) is 34.3 Å². The van der Waals surface area contributed by atoms with Crippen molar-refractivity contribution in [2.45, 2.75) is 0 Å². The van der Waals surface area contributed by atoms with Gasteiger partial charge in [-0.2, -0.15) is 0 Å². The first-order chi connectivity index (χ1) is 7.68. The van der Waals surface area contributed by atoms with Crippen LogP contribution in [0.3, 0.4) is 0 Å². The van der Waals surface area contributed by atoms with Crippen LogP contribution in [0.2, 0.25) is 0 Å². The lowest BCUT2D eigenvalue weighted by atomic mass is 10.2. The minimum Gasteiger partial charge on any atom is -0.336 e. The van der Waals surface area contributed by atoms with Crippen LogP contribution in [-0.4, -0.2) is 42.0 Å². The summed E-state index contributed by atoms with van der Waals surface area (Å²) >= 11 is 3.39. The summed E-state index contributed by atoms with van der Waals surface area (Å²) in [5, 5.41) is 1.74. The molecule has 1 saturated heterocycles. The molecule has 0 aliphatic carbocycles. The van der Waals surface area contributed by atoms with Gasteiger partial charge < -0.3 is 4.90 Å². The molecule has 0 spiro atoms. The second kappa shape index (κ2) is 4.95. The highest BCUT2D eigenvalue weighted by Gasteiger charge is 2.21. The zero-order valence-corrected chi connectivity index (χ0v) is 10.5. The summed E-state index contributed by atoms with van der Waals surface area (Å²) in [6.07, 6.45) is 0. The maximum Gasteiger partial charge on any atom is 0.255 e. The average Bonchev–Trinajstić information content (AvgIpc) is 2.30. The molecule has 0 atom stereocenters. The average molecular weight is 284 g/mol. The van der Waals surface area contributed by atoms with Crippen molar-refractivity contribution >= 4 is 21.8 Å². The maximum absolute atomic E-state index is 12.2. The highest BCUT2D eigenvalue weighted by atomic mass is 79.9. The number of hydrazine groups is 1. The van der Waals surface area contributed by atoms with Crippen molar-refractivity contribution in [1.82, 2.24) is 9.91 Å². The molecule has 16 heavy (non-hydrogen) atoms. The molecule has 4 nitrogen and oxygen atoms in total. The molecule has 2 rings (SSSR count). The number of benzene rings is 1. The number of rotatable bonds is 1. The molecule has 0 aromatic heterocycles. The summed E-state index contributed by atoms with van der Waals surface area (Å²) < 4.78 is 0.843. The first-order valence-corrected chi connectivity index (χ1v) is 6.01. The van der Waals surface area contributed by atoms with Crippen LogP contribution < -0.4 is 5.84 Å². The Morgan fingerprint density at radius 1 is 1.19 bits per heavy atom. The molecule has 1 heterocycles. The Balaban J connectivity index is 2.11. The summed E-state index contributed by atoms with van der Waals surface area (Å²) in [5.41, 5.74) is 0.716. The van der Waals surface area contributed by atoms with Gasteiger partial charge in [-0.05, 0) is 28.1 Å². The minimum atomic E-state index is 0.0700. The Bertz CT molecular complexity index is 389. The fourth-order valence-corrected chi connectivity index (χ4v) is 2.18. The monoisotopic (exact) mass is 283 g/mol. The van der Waals surface area contributed by atoms with Gasteiger partial charge in [-0.15, -0.1) is 0 Å². The van der Waals surface area contributed by atoms with Gasteiger partial charge in [0.2, 0.25) is 0 Å². The van der Waals surface area contributed by atoms with E-state index in [1.807, 2.05) is 29.2 Å². The largest absolute Gasteiger partial charge is 0.336 e. The Morgan fingerprint density at radius 3 is 2.44 bits per heavy atom. The molecule has 2 N–H and O–H groups in total. The Labute approximate surface area is 103 Å². The number of piperazine rings is 1. The van der Waals surface area contributed by atoms with Crippen molar-refractivity contribution in [3.63, 3.8) is 0 Å². The number of carbonyl (C=O) groups is 1. The van der Waals surface area contributed by atoms with E-state index in [9.17, 15) is 4.79 Å². The van der Waals surface area contributed by atoms with Crippen LogP contribution in [-0.2, 0) is 0 Å². The fraction of sp³-hybridized carbons (Fsp3) is 0.364. The smallest absolute Gasteiger partial charge is 0.255 e. The summed E-state index contributed by atoms with van der Waals surface area (Å²) in [4.78, 5) is 14.0. The second-order valence-corrected chi connectivity index (χ2v) is 4.66. The number of hydrogen-bond acceptors (Lipinski definition) is 3. The summed E-state index contributed by atoms with van der Waals surface area (Å²) in [7, 11) is 0. The number of nitrogens with two attached hydrogens (primary N) is 1. The van der Waals surface area contributed by atoms with Crippen molar-refractivity contribution < 1.29 is 4.79 Å². The molecule has 1 aromatic rings. The maximum atomic E-state index is 12.2. The van der Waals surface area contributed by atoms with Gasteiger partial charge in [0.05, 0.1) is 5.56 Å². The number of carbonyl (C=O) groups excluding carboxylic acids is 1. The van der Waals surface area contributed by atoms with Gasteiger partial charge in [-0.3, -0.25) is 10.6 Å². The lowest BCUT2D eigenvalue weighted by molar-refractivity contribution is 0.0637. The summed E-state index contributed by atoms with van der Waals surface area (Å²) in [6.45, 7) is 2.85. The molecule has 1 fully saturated rings. The molecule has 0 unspecified atom stereocenters. The Kier molecular flexibility index (Phi) is 3.58. The quantitative estimate of drug-likeness (QED) is 0.785. The Morgan fingerprint density at radius 2 is 1.81 bits per heavy atom. The third kappa shape index (κ3) is 2.42. The number of halogens is 1. The predicted molar refractivity (Wildman–Crippen MR) is 65.8 cm³/mol. The van der Waals surface area contributed by atoms with Gasteiger partial charge in [0.1, 0.15) is 0 Å². The van der Waals surface area contributed by atoms with E-state index in [4.69, 9.17) is 5.84 Å². The van der Waals surface area contributed by atoms with E-state index in [0.717, 1.165) is 17.6 Å². The van der Waals surface area contributed by atoms with Crippen LogP contribution in [0.5, 0.6) is 0 Å². The standard InChI is InChI=1S/C11H14BrN3O/c12-10-4-2-1-3-9(10)11(16)14-5-7-15(13)8-6-14/h1-4H,5-8,13H2. The highest BCUT2D eigenvalue weighted by molar-refractivity contribution is 9.10. The van der Waals surface area contributed by atoms with Crippen LogP contribution in [0, 0.1) is 0 Å². The van der Waals surface area contributed by atoms with E-state index >= 15 is 0 Å². The van der Waals surface area contributed by atoms with E-state index in [0.29, 0.717) is 18.7 Å². The number of nitrogens with zero attached hydrogens (tertiary/aromatic N) is 2. The highest BCUT2D eigenvalue weighted by Crippen LogP contribution is 2.18. The molecule has 1 amide bonds. The topological polar surface area (TPSA) is 49.6 Å². The molecular weight excluding hydrogens is 270 g/mol. The van der Waals surface area contributed by atoms with E-state index < -0.39 is 0 Å². The first kappa shape index (κ1) is 11.6. The molecule has 0 saturated carbocycles. The van der Waals surface area contributed by atoms with Crippen LogP contribution in [0.1, 0.15) is 10.4 Å². The molecule has 1 aliphatic rings. The molecule has 1 aliphatic heterocycles. The summed E-state index contributed by atoms with van der Waals surface area (Å²) in [5.74, 6) is 5.72. The van der Waals surface area contributed by atoms with Crippen molar-refractivity contribution in [2.24, 2.45) is 5.84 Å². The van der Waals surface area contributed by atoms with Gasteiger partial charge in [-0.1, -0.05) is 12.1 Å². The molecule has 1 aromatic carbocycles. The third-order valence-corrected chi connectivity index (χ3v) is 3.40. The van der Waals surface area contributed by atoms with E-state index in [2.05, 4.69) is 15.9 Å². The molecule has 5 heteroatoms. The number of amides is 1. The SMILES string of the molecule is NN1CCN(C(=O)c2ccccc2Br)CC1. The minimum absolute atomic E-state index is 0.0700. The van der Waals surface area contributed by atoms with Gasteiger partial charge in [-0.25, -0.2) is 5.01 Å². The first-order valence-electron chi connectivity index (χ1n) is 5.22. The zero-order valence-electron chi connectivity index (χ0n) is 8.90. The van der Waals surface area contributed by atoms with Crippen LogP contribution >= 0.6 is 15.9 Å². The van der Waals surface area contributed by atoms with E-state index in [1.54, 1.807) is 5.01 Å².